The van der Waals surface area contributed by atoms with Gasteiger partial charge in [-0.3, -0.25) is 4.79 Å². The van der Waals surface area contributed by atoms with Crippen molar-refractivity contribution >= 4 is 15.7 Å². The molecule has 2 rings (SSSR count). The third-order valence-electron chi connectivity index (χ3n) is 3.29. The fourth-order valence-electron chi connectivity index (χ4n) is 2.12. The lowest BCUT2D eigenvalue weighted by molar-refractivity contribution is -0.118. The Bertz CT molecular complexity index is 755. The van der Waals surface area contributed by atoms with E-state index in [0.717, 1.165) is 5.56 Å². The van der Waals surface area contributed by atoms with E-state index in [9.17, 15) is 13.2 Å². The molecule has 0 bridgehead atoms. The molecule has 0 heterocycles. The number of rotatable bonds is 8. The van der Waals surface area contributed by atoms with Gasteiger partial charge in [-0.1, -0.05) is 48.0 Å². The molecule has 0 radical (unpaired) electrons. The van der Waals surface area contributed by atoms with Gasteiger partial charge >= 0.3 is 0 Å². The number of hydrogen-bond donors (Lipinski definition) is 1. The van der Waals surface area contributed by atoms with Gasteiger partial charge < -0.3 is 10.1 Å². The first-order valence-electron chi connectivity index (χ1n) is 7.65. The zero-order chi connectivity index (χ0) is 17.4. The summed E-state index contributed by atoms with van der Waals surface area (Å²) in [4.78, 5) is 11.8. The van der Waals surface area contributed by atoms with Crippen molar-refractivity contribution in [2.75, 3.05) is 18.9 Å². The van der Waals surface area contributed by atoms with E-state index < -0.39 is 21.5 Å². The third-order valence-corrected chi connectivity index (χ3v) is 4.77. The summed E-state index contributed by atoms with van der Waals surface area (Å²) < 4.78 is 29.5. The van der Waals surface area contributed by atoms with Gasteiger partial charge in [-0.2, -0.15) is 0 Å². The van der Waals surface area contributed by atoms with Crippen LogP contribution < -0.4 is 10.1 Å². The number of carbonyl (C=O) groups is 1. The minimum atomic E-state index is -3.48. The maximum Gasteiger partial charge on any atom is 0.235 e. The summed E-state index contributed by atoms with van der Waals surface area (Å²) in [5.74, 6) is -0.460. The molecule has 2 aromatic carbocycles. The fourth-order valence-corrected chi connectivity index (χ4v) is 3.43. The van der Waals surface area contributed by atoms with Gasteiger partial charge in [-0.05, 0) is 24.6 Å². The van der Waals surface area contributed by atoms with E-state index in [4.69, 9.17) is 4.74 Å². The molecular formula is C18H21NO4S. The van der Waals surface area contributed by atoms with E-state index in [-0.39, 0.29) is 18.9 Å². The second-order valence-electron chi connectivity index (χ2n) is 5.53. The van der Waals surface area contributed by atoms with Crippen LogP contribution in [0.5, 0.6) is 5.75 Å². The van der Waals surface area contributed by atoms with Gasteiger partial charge in [-0.25, -0.2) is 8.42 Å². The number of hydrogen-bond acceptors (Lipinski definition) is 4. The summed E-state index contributed by atoms with van der Waals surface area (Å²) in [5.41, 5.74) is 1.81. The lowest BCUT2D eigenvalue weighted by Crippen LogP contribution is -2.33. The van der Waals surface area contributed by atoms with Crippen LogP contribution in [0.25, 0.3) is 0 Å². The largest absolute Gasteiger partial charge is 0.492 e. The molecule has 5 nitrogen and oxygen atoms in total. The van der Waals surface area contributed by atoms with E-state index >= 15 is 0 Å². The first-order valence-corrected chi connectivity index (χ1v) is 9.47. The van der Waals surface area contributed by atoms with Crippen molar-refractivity contribution in [2.45, 2.75) is 12.7 Å². The summed E-state index contributed by atoms with van der Waals surface area (Å²) in [6.07, 6.45) is 0. The first kappa shape index (κ1) is 18.0. The summed E-state index contributed by atoms with van der Waals surface area (Å²) in [5, 5.41) is 2.56. The van der Waals surface area contributed by atoms with Gasteiger partial charge in [0, 0.05) is 0 Å². The topological polar surface area (TPSA) is 72.5 Å². The normalized spacial score (nSPS) is 11.0. The maximum atomic E-state index is 12.0. The number of nitrogens with one attached hydrogen (secondary N) is 1. The number of ether oxygens (including phenoxy) is 1. The lowest BCUT2D eigenvalue weighted by atomic mass is 10.2. The molecule has 0 spiro atoms. The third kappa shape index (κ3) is 6.42. The van der Waals surface area contributed by atoms with Crippen molar-refractivity contribution in [3.8, 4) is 5.75 Å². The standard InChI is InChI=1S/C18H21NO4S/c1-15-7-9-17(10-8-15)23-12-11-19-18(20)14-24(21,22)13-16-5-3-2-4-6-16/h2-10H,11-14H2,1H3,(H,19,20). The predicted octanol–water partition coefficient (Wildman–Crippen LogP) is 2.11. The van der Waals surface area contributed by atoms with Crippen molar-refractivity contribution in [1.82, 2.24) is 5.32 Å². The maximum absolute atomic E-state index is 12.0. The summed E-state index contributed by atoms with van der Waals surface area (Å²) in [6.45, 7) is 2.53. The van der Waals surface area contributed by atoms with Crippen molar-refractivity contribution in [3.05, 3.63) is 65.7 Å². The highest BCUT2D eigenvalue weighted by Gasteiger charge is 2.17. The molecule has 1 N–H and O–H groups in total. The minimum absolute atomic E-state index is 0.138. The number of carbonyl (C=O) groups excluding carboxylic acids is 1. The van der Waals surface area contributed by atoms with E-state index in [0.29, 0.717) is 11.3 Å². The number of amides is 1. The van der Waals surface area contributed by atoms with Crippen LogP contribution in [-0.4, -0.2) is 33.2 Å². The first-order chi connectivity index (χ1) is 11.4. The predicted molar refractivity (Wildman–Crippen MR) is 93.6 cm³/mol. The van der Waals surface area contributed by atoms with E-state index in [2.05, 4.69) is 5.32 Å². The molecule has 2 aromatic rings. The Hall–Kier alpha value is -2.34. The molecule has 24 heavy (non-hydrogen) atoms. The molecule has 128 valence electrons. The highest BCUT2D eigenvalue weighted by atomic mass is 32.2. The van der Waals surface area contributed by atoms with Gasteiger partial charge in [0.15, 0.2) is 9.84 Å². The second kappa shape index (κ2) is 8.49. The monoisotopic (exact) mass is 347 g/mol. The van der Waals surface area contributed by atoms with Crippen LogP contribution in [0.4, 0.5) is 0 Å². The van der Waals surface area contributed by atoms with Crippen LogP contribution in [0.1, 0.15) is 11.1 Å². The fraction of sp³-hybridized carbons (Fsp3) is 0.278. The number of aryl methyl sites for hydroxylation is 1. The Morgan fingerprint density at radius 2 is 1.71 bits per heavy atom. The zero-order valence-electron chi connectivity index (χ0n) is 13.6. The second-order valence-corrected chi connectivity index (χ2v) is 7.59. The van der Waals surface area contributed by atoms with Crippen LogP contribution in [-0.2, 0) is 20.4 Å². The Balaban J connectivity index is 1.71. The van der Waals surface area contributed by atoms with Gasteiger partial charge in [0.1, 0.15) is 18.1 Å². The molecule has 6 heteroatoms. The van der Waals surface area contributed by atoms with Crippen molar-refractivity contribution in [2.24, 2.45) is 0 Å². The lowest BCUT2D eigenvalue weighted by Gasteiger charge is -2.08. The molecule has 0 aliphatic carbocycles. The quantitative estimate of drug-likeness (QED) is 0.742. The number of benzene rings is 2. The highest BCUT2D eigenvalue weighted by Crippen LogP contribution is 2.10. The Morgan fingerprint density at radius 1 is 1.04 bits per heavy atom. The van der Waals surface area contributed by atoms with Crippen LogP contribution >= 0.6 is 0 Å². The molecule has 0 aliphatic heterocycles. The molecule has 0 saturated heterocycles. The van der Waals surface area contributed by atoms with Gasteiger partial charge in [-0.15, -0.1) is 0 Å². The van der Waals surface area contributed by atoms with Crippen LogP contribution in [0.15, 0.2) is 54.6 Å². The molecule has 0 atom stereocenters. The summed E-state index contributed by atoms with van der Waals surface area (Å²) in [7, 11) is -3.48. The van der Waals surface area contributed by atoms with Crippen LogP contribution in [0, 0.1) is 6.92 Å². The van der Waals surface area contributed by atoms with Crippen molar-refractivity contribution in [3.63, 3.8) is 0 Å². The molecule has 0 unspecified atom stereocenters. The SMILES string of the molecule is Cc1ccc(OCCNC(=O)CS(=O)(=O)Cc2ccccc2)cc1. The van der Waals surface area contributed by atoms with Gasteiger partial charge in [0.25, 0.3) is 0 Å². The highest BCUT2D eigenvalue weighted by molar-refractivity contribution is 7.91. The number of sulfone groups is 1. The van der Waals surface area contributed by atoms with Crippen molar-refractivity contribution in [1.29, 1.82) is 0 Å². The summed E-state index contributed by atoms with van der Waals surface area (Å²) in [6, 6.07) is 16.4. The Morgan fingerprint density at radius 3 is 2.38 bits per heavy atom. The Kier molecular flexibility index (Phi) is 6.37. The van der Waals surface area contributed by atoms with Crippen LogP contribution in [0.3, 0.4) is 0 Å². The average molecular weight is 347 g/mol. The molecule has 0 fully saturated rings. The van der Waals surface area contributed by atoms with Gasteiger partial charge in [0.05, 0.1) is 12.3 Å². The Labute approximate surface area is 142 Å². The average Bonchev–Trinajstić information content (AvgIpc) is 2.53. The van der Waals surface area contributed by atoms with E-state index in [1.165, 1.54) is 0 Å². The van der Waals surface area contributed by atoms with Gasteiger partial charge in [0.2, 0.25) is 5.91 Å². The smallest absolute Gasteiger partial charge is 0.235 e. The minimum Gasteiger partial charge on any atom is -0.492 e. The molecule has 1 amide bonds. The molecule has 0 aliphatic rings. The van der Waals surface area contributed by atoms with Crippen LogP contribution in [0.2, 0.25) is 0 Å². The zero-order valence-corrected chi connectivity index (χ0v) is 14.4. The molecular weight excluding hydrogens is 326 g/mol. The van der Waals surface area contributed by atoms with E-state index in [1.54, 1.807) is 24.3 Å². The van der Waals surface area contributed by atoms with Crippen molar-refractivity contribution < 1.29 is 17.9 Å². The molecule has 0 aromatic heterocycles. The summed E-state index contributed by atoms with van der Waals surface area (Å²) >= 11 is 0. The van der Waals surface area contributed by atoms with E-state index in [1.807, 2.05) is 37.3 Å². The molecule has 0 saturated carbocycles.